The molecule has 2 N–H and O–H groups in total. The molecule has 3 rings (SSSR count). The fourth-order valence-corrected chi connectivity index (χ4v) is 3.02. The van der Waals surface area contributed by atoms with Crippen LogP contribution in [0, 0.1) is 5.92 Å². The number of nitrogens with zero attached hydrogens (tertiary/aromatic N) is 1. The van der Waals surface area contributed by atoms with E-state index >= 15 is 0 Å². The molecule has 0 aromatic heterocycles. The molecule has 3 nitrogen and oxygen atoms in total. The molecular formula is C16H24N2O. The van der Waals surface area contributed by atoms with E-state index in [1.165, 1.54) is 30.5 Å². The van der Waals surface area contributed by atoms with E-state index in [-0.39, 0.29) is 0 Å². The number of ether oxygens (including phenoxy) is 1. The Morgan fingerprint density at radius 1 is 1.42 bits per heavy atom. The lowest BCUT2D eigenvalue weighted by Gasteiger charge is -2.30. The van der Waals surface area contributed by atoms with E-state index in [4.69, 9.17) is 10.5 Å². The second kappa shape index (κ2) is 5.51. The summed E-state index contributed by atoms with van der Waals surface area (Å²) in [5.41, 5.74) is 8.75. The molecule has 19 heavy (non-hydrogen) atoms. The Morgan fingerprint density at radius 2 is 2.26 bits per heavy atom. The predicted molar refractivity (Wildman–Crippen MR) is 77.4 cm³/mol. The third kappa shape index (κ3) is 2.77. The monoisotopic (exact) mass is 260 g/mol. The summed E-state index contributed by atoms with van der Waals surface area (Å²) in [4.78, 5) is 2.54. The maximum Gasteiger partial charge on any atom is 0.122 e. The molecule has 1 saturated carbocycles. The molecule has 1 aromatic rings. The summed E-state index contributed by atoms with van der Waals surface area (Å²) in [5, 5.41) is 0. The number of hydrogen-bond donors (Lipinski definition) is 1. The molecule has 0 spiro atoms. The van der Waals surface area contributed by atoms with Crippen molar-refractivity contribution in [1.29, 1.82) is 0 Å². The van der Waals surface area contributed by atoms with Crippen LogP contribution in [0.1, 0.15) is 36.9 Å². The second-order valence-corrected chi connectivity index (χ2v) is 5.75. The van der Waals surface area contributed by atoms with Crippen LogP contribution in [-0.2, 0) is 6.42 Å². The van der Waals surface area contributed by atoms with Crippen molar-refractivity contribution >= 4 is 0 Å². The van der Waals surface area contributed by atoms with E-state index in [0.717, 1.165) is 31.2 Å². The Balaban J connectivity index is 1.79. The highest BCUT2D eigenvalue weighted by Crippen LogP contribution is 2.34. The van der Waals surface area contributed by atoms with Crippen LogP contribution in [-0.4, -0.2) is 31.1 Å². The fourth-order valence-electron chi connectivity index (χ4n) is 3.02. The number of likely N-dealkylation sites (N-methyl/N-ethyl adjacent to an activating group) is 1. The lowest BCUT2D eigenvalue weighted by molar-refractivity contribution is 0.203. The third-order valence-electron chi connectivity index (χ3n) is 4.36. The van der Waals surface area contributed by atoms with Crippen molar-refractivity contribution < 1.29 is 4.74 Å². The van der Waals surface area contributed by atoms with Gasteiger partial charge in [-0.25, -0.2) is 0 Å². The van der Waals surface area contributed by atoms with E-state index in [2.05, 4.69) is 30.0 Å². The quantitative estimate of drug-likeness (QED) is 0.853. The number of fused-ring (bicyclic) bond motifs is 1. The van der Waals surface area contributed by atoms with Gasteiger partial charge in [0.2, 0.25) is 0 Å². The molecule has 3 heteroatoms. The Labute approximate surface area is 115 Å². The van der Waals surface area contributed by atoms with Gasteiger partial charge in [-0.15, -0.1) is 0 Å². The Bertz CT molecular complexity index is 442. The minimum Gasteiger partial charge on any atom is -0.493 e. The van der Waals surface area contributed by atoms with Gasteiger partial charge in [0.05, 0.1) is 6.61 Å². The maximum atomic E-state index is 6.05. The maximum absolute atomic E-state index is 6.05. The molecule has 0 amide bonds. The molecule has 1 aliphatic heterocycles. The van der Waals surface area contributed by atoms with Crippen molar-refractivity contribution in [1.82, 2.24) is 4.90 Å². The zero-order valence-corrected chi connectivity index (χ0v) is 11.8. The van der Waals surface area contributed by atoms with Gasteiger partial charge in [0.25, 0.3) is 0 Å². The first-order valence-electron chi connectivity index (χ1n) is 7.51. The van der Waals surface area contributed by atoms with Crippen molar-refractivity contribution in [2.45, 2.75) is 32.2 Å². The van der Waals surface area contributed by atoms with Crippen LogP contribution in [0.5, 0.6) is 5.75 Å². The van der Waals surface area contributed by atoms with Crippen LogP contribution in [0.2, 0.25) is 0 Å². The minimum atomic E-state index is 0.358. The van der Waals surface area contributed by atoms with Crippen molar-refractivity contribution in [3.05, 3.63) is 29.3 Å². The summed E-state index contributed by atoms with van der Waals surface area (Å²) in [7, 11) is 0. The van der Waals surface area contributed by atoms with Gasteiger partial charge in [-0.1, -0.05) is 19.1 Å². The topological polar surface area (TPSA) is 38.5 Å². The van der Waals surface area contributed by atoms with Gasteiger partial charge in [0.15, 0.2) is 0 Å². The van der Waals surface area contributed by atoms with Gasteiger partial charge >= 0.3 is 0 Å². The molecule has 1 fully saturated rings. The first-order chi connectivity index (χ1) is 9.31. The van der Waals surface area contributed by atoms with Gasteiger partial charge in [-0.3, -0.25) is 4.90 Å². The van der Waals surface area contributed by atoms with Crippen LogP contribution >= 0.6 is 0 Å². The molecule has 1 atom stereocenters. The molecule has 0 radical (unpaired) electrons. The summed E-state index contributed by atoms with van der Waals surface area (Å²) in [6.45, 7) is 6.03. The first-order valence-corrected chi connectivity index (χ1v) is 7.51. The van der Waals surface area contributed by atoms with E-state index in [0.29, 0.717) is 12.6 Å². The normalized spacial score (nSPS) is 19.3. The van der Waals surface area contributed by atoms with Crippen LogP contribution < -0.4 is 10.5 Å². The number of nitrogens with two attached hydrogens (primary N) is 1. The van der Waals surface area contributed by atoms with Crippen LogP contribution in [0.25, 0.3) is 0 Å². The van der Waals surface area contributed by atoms with Crippen LogP contribution in [0.15, 0.2) is 18.2 Å². The zero-order valence-electron chi connectivity index (χ0n) is 11.8. The molecule has 104 valence electrons. The second-order valence-electron chi connectivity index (χ2n) is 5.75. The largest absolute Gasteiger partial charge is 0.493 e. The van der Waals surface area contributed by atoms with Crippen molar-refractivity contribution in [2.24, 2.45) is 11.7 Å². The van der Waals surface area contributed by atoms with Gasteiger partial charge in [0.1, 0.15) is 5.75 Å². The summed E-state index contributed by atoms with van der Waals surface area (Å²) in [5.74, 6) is 1.97. The van der Waals surface area contributed by atoms with Gasteiger partial charge in [-0.05, 0) is 42.5 Å². The van der Waals surface area contributed by atoms with Gasteiger partial charge < -0.3 is 10.5 Å². The van der Waals surface area contributed by atoms with Crippen LogP contribution in [0.3, 0.4) is 0 Å². The molecule has 1 aromatic carbocycles. The molecule has 0 saturated heterocycles. The Hall–Kier alpha value is -1.06. The molecule has 1 unspecified atom stereocenters. The first kappa shape index (κ1) is 12.9. The van der Waals surface area contributed by atoms with Gasteiger partial charge in [0, 0.05) is 25.6 Å². The lowest BCUT2D eigenvalue weighted by Crippen LogP contribution is -2.35. The highest BCUT2D eigenvalue weighted by Gasteiger charge is 2.28. The predicted octanol–water partition coefficient (Wildman–Crippen LogP) is 2.35. The molecule has 1 aliphatic carbocycles. The lowest BCUT2D eigenvalue weighted by atomic mass is 10.0. The van der Waals surface area contributed by atoms with Gasteiger partial charge in [-0.2, -0.15) is 0 Å². The smallest absolute Gasteiger partial charge is 0.122 e. The fraction of sp³-hybridized carbons (Fsp3) is 0.625. The summed E-state index contributed by atoms with van der Waals surface area (Å²) < 4.78 is 5.58. The summed E-state index contributed by atoms with van der Waals surface area (Å²) in [6, 6.07) is 6.97. The summed E-state index contributed by atoms with van der Waals surface area (Å²) >= 11 is 0. The van der Waals surface area contributed by atoms with E-state index < -0.39 is 0 Å². The van der Waals surface area contributed by atoms with Crippen molar-refractivity contribution in [2.75, 3.05) is 26.2 Å². The number of rotatable bonds is 6. The molecule has 2 aliphatic rings. The van der Waals surface area contributed by atoms with Crippen molar-refractivity contribution in [3.8, 4) is 5.75 Å². The molecule has 1 heterocycles. The molecule has 0 bridgehead atoms. The SMILES string of the molecule is CCN(CC1CC1)C(CN)c1ccc2c(c1)CCO2. The highest BCUT2D eigenvalue weighted by molar-refractivity contribution is 5.40. The van der Waals surface area contributed by atoms with Crippen molar-refractivity contribution in [3.63, 3.8) is 0 Å². The Kier molecular flexibility index (Phi) is 3.76. The Morgan fingerprint density at radius 3 is 2.95 bits per heavy atom. The van der Waals surface area contributed by atoms with Crippen LogP contribution in [0.4, 0.5) is 0 Å². The molecular weight excluding hydrogens is 236 g/mol. The standard InChI is InChI=1S/C16H24N2O/c1-2-18(11-12-3-4-12)15(10-17)13-5-6-16-14(9-13)7-8-19-16/h5-6,9,12,15H,2-4,7-8,10-11,17H2,1H3. The van der Waals surface area contributed by atoms with E-state index in [1.54, 1.807) is 0 Å². The average Bonchev–Trinajstić information content (AvgIpc) is 3.13. The van der Waals surface area contributed by atoms with E-state index in [9.17, 15) is 0 Å². The highest BCUT2D eigenvalue weighted by atomic mass is 16.5. The minimum absolute atomic E-state index is 0.358. The average molecular weight is 260 g/mol. The number of benzene rings is 1. The zero-order chi connectivity index (χ0) is 13.2. The summed E-state index contributed by atoms with van der Waals surface area (Å²) in [6.07, 6.45) is 3.83. The third-order valence-corrected chi connectivity index (χ3v) is 4.36. The number of hydrogen-bond acceptors (Lipinski definition) is 3. The van der Waals surface area contributed by atoms with E-state index in [1.807, 2.05) is 0 Å².